The second kappa shape index (κ2) is 7.29. The molecule has 1 aromatic carbocycles. The predicted molar refractivity (Wildman–Crippen MR) is 103 cm³/mol. The lowest BCUT2D eigenvalue weighted by Gasteiger charge is -2.07. The van der Waals surface area contributed by atoms with Crippen LogP contribution < -0.4 is 10.9 Å². The Bertz CT molecular complexity index is 1170. The molecule has 2 N–H and O–H groups in total. The molecule has 11 heteroatoms. The first-order valence-electron chi connectivity index (χ1n) is 7.87. The van der Waals surface area contributed by atoms with Gasteiger partial charge in [0.15, 0.2) is 5.16 Å². The average Bonchev–Trinajstić information content (AvgIpc) is 3.26. The van der Waals surface area contributed by atoms with Gasteiger partial charge in [-0.1, -0.05) is 53.4 Å². The Morgan fingerprint density at radius 3 is 2.78 bits per heavy atom. The Morgan fingerprint density at radius 2 is 2.04 bits per heavy atom. The summed E-state index contributed by atoms with van der Waals surface area (Å²) in [4.78, 5) is 26.7. The van der Waals surface area contributed by atoms with Gasteiger partial charge in [0.2, 0.25) is 16.8 Å². The summed E-state index contributed by atoms with van der Waals surface area (Å²) in [5.41, 5.74) is 1.24. The highest BCUT2D eigenvalue weighted by Crippen LogP contribution is 2.24. The summed E-state index contributed by atoms with van der Waals surface area (Å²) in [5, 5.41) is 20.3. The van der Waals surface area contributed by atoms with E-state index in [1.54, 1.807) is 4.40 Å². The second-order valence-corrected chi connectivity index (χ2v) is 7.61. The highest BCUT2D eigenvalue weighted by Gasteiger charge is 2.15. The summed E-state index contributed by atoms with van der Waals surface area (Å²) in [7, 11) is 0. The molecule has 0 aliphatic rings. The van der Waals surface area contributed by atoms with Crippen LogP contribution in [-0.2, 0) is 4.79 Å². The van der Waals surface area contributed by atoms with Crippen LogP contribution in [0.3, 0.4) is 0 Å². The number of amides is 1. The number of fused-ring (bicyclic) bond motifs is 1. The monoisotopic (exact) mass is 399 g/mol. The number of benzene rings is 1. The van der Waals surface area contributed by atoms with Crippen LogP contribution in [0.15, 0.2) is 46.3 Å². The van der Waals surface area contributed by atoms with Crippen LogP contribution in [0.5, 0.6) is 0 Å². The molecular weight excluding hydrogens is 386 g/mol. The SMILES string of the molecule is Cc1nnc(NC(=O)CSc2nnc3[nH]c(=O)cc(-c4ccccc4)n23)s1. The summed E-state index contributed by atoms with van der Waals surface area (Å²) in [6.07, 6.45) is 0. The molecule has 0 aliphatic heterocycles. The van der Waals surface area contributed by atoms with Gasteiger partial charge in [-0.05, 0) is 12.5 Å². The van der Waals surface area contributed by atoms with Gasteiger partial charge in [-0.25, -0.2) is 0 Å². The van der Waals surface area contributed by atoms with Gasteiger partial charge in [0.25, 0.3) is 5.56 Å². The Kier molecular flexibility index (Phi) is 4.69. The Labute approximate surface area is 160 Å². The number of thioether (sulfide) groups is 1. The van der Waals surface area contributed by atoms with Gasteiger partial charge in [-0.3, -0.25) is 24.3 Å². The van der Waals surface area contributed by atoms with Crippen LogP contribution in [0.25, 0.3) is 17.0 Å². The molecule has 9 nitrogen and oxygen atoms in total. The quantitative estimate of drug-likeness (QED) is 0.493. The fraction of sp³-hybridized carbons (Fsp3) is 0.125. The minimum absolute atomic E-state index is 0.118. The number of rotatable bonds is 5. The maximum atomic E-state index is 12.2. The van der Waals surface area contributed by atoms with E-state index in [1.807, 2.05) is 37.3 Å². The molecule has 27 heavy (non-hydrogen) atoms. The van der Waals surface area contributed by atoms with Crippen molar-refractivity contribution in [2.45, 2.75) is 12.1 Å². The number of aryl methyl sites for hydroxylation is 1. The molecule has 136 valence electrons. The molecule has 4 aromatic rings. The minimum Gasteiger partial charge on any atom is -0.300 e. The van der Waals surface area contributed by atoms with E-state index in [0.29, 0.717) is 21.8 Å². The summed E-state index contributed by atoms with van der Waals surface area (Å²) in [5.74, 6) is 0.217. The summed E-state index contributed by atoms with van der Waals surface area (Å²) in [6.45, 7) is 1.82. The van der Waals surface area contributed by atoms with Gasteiger partial charge in [0.05, 0.1) is 11.4 Å². The number of nitrogens with one attached hydrogen (secondary N) is 2. The van der Waals surface area contributed by atoms with Crippen LogP contribution in [0, 0.1) is 6.92 Å². The summed E-state index contributed by atoms with van der Waals surface area (Å²) in [6, 6.07) is 10.9. The first-order valence-corrected chi connectivity index (χ1v) is 9.67. The van der Waals surface area contributed by atoms with Crippen molar-refractivity contribution in [2.24, 2.45) is 0 Å². The van der Waals surface area contributed by atoms with Crippen LogP contribution in [0.1, 0.15) is 5.01 Å². The molecule has 0 atom stereocenters. The molecule has 0 fully saturated rings. The third-order valence-corrected chi connectivity index (χ3v) is 5.23. The molecule has 3 heterocycles. The second-order valence-electron chi connectivity index (χ2n) is 5.49. The standard InChI is InChI=1S/C16H13N7O2S2/c1-9-19-21-15(27-9)18-13(25)8-26-16-22-20-14-17-12(24)7-11(23(14)16)10-5-3-2-4-6-10/h2-7H,8H2,1H3,(H,17,20,24)(H,18,21,25). The van der Waals surface area contributed by atoms with Crippen molar-refractivity contribution in [2.75, 3.05) is 11.1 Å². The Hall–Kier alpha value is -3.05. The number of H-pyrrole nitrogens is 1. The van der Waals surface area contributed by atoms with Crippen molar-refractivity contribution in [1.82, 2.24) is 29.8 Å². The topological polar surface area (TPSA) is 118 Å². The number of carbonyl (C=O) groups is 1. The number of nitrogens with zero attached hydrogens (tertiary/aromatic N) is 5. The van der Waals surface area contributed by atoms with Gasteiger partial charge in [0.1, 0.15) is 5.01 Å². The largest absolute Gasteiger partial charge is 0.300 e. The molecule has 0 spiro atoms. The van der Waals surface area contributed by atoms with Crippen molar-refractivity contribution >= 4 is 39.9 Å². The number of hydrogen-bond acceptors (Lipinski definition) is 8. The van der Waals surface area contributed by atoms with E-state index in [0.717, 1.165) is 10.6 Å². The number of anilines is 1. The highest BCUT2D eigenvalue weighted by molar-refractivity contribution is 7.99. The molecule has 0 unspecified atom stereocenters. The van der Waals surface area contributed by atoms with Gasteiger partial charge < -0.3 is 0 Å². The minimum atomic E-state index is -0.269. The third-order valence-electron chi connectivity index (χ3n) is 3.55. The van der Waals surface area contributed by atoms with Crippen LogP contribution in [0.2, 0.25) is 0 Å². The summed E-state index contributed by atoms with van der Waals surface area (Å²) < 4.78 is 1.73. The molecule has 0 aliphatic carbocycles. The van der Waals surface area contributed by atoms with E-state index in [4.69, 9.17) is 0 Å². The fourth-order valence-electron chi connectivity index (χ4n) is 2.45. The lowest BCUT2D eigenvalue weighted by molar-refractivity contribution is -0.113. The van der Waals surface area contributed by atoms with E-state index in [2.05, 4.69) is 30.7 Å². The molecule has 0 bridgehead atoms. The van der Waals surface area contributed by atoms with Gasteiger partial charge >= 0.3 is 0 Å². The van der Waals surface area contributed by atoms with Crippen molar-refractivity contribution in [1.29, 1.82) is 0 Å². The number of hydrogen-bond donors (Lipinski definition) is 2. The van der Waals surface area contributed by atoms with E-state index in [-0.39, 0.29) is 17.2 Å². The zero-order chi connectivity index (χ0) is 18.8. The molecule has 1 amide bonds. The number of aromatic amines is 1. The van der Waals surface area contributed by atoms with Crippen molar-refractivity contribution in [3.63, 3.8) is 0 Å². The van der Waals surface area contributed by atoms with Crippen molar-refractivity contribution in [3.05, 3.63) is 51.8 Å². The van der Waals surface area contributed by atoms with Crippen molar-refractivity contribution < 1.29 is 4.79 Å². The van der Waals surface area contributed by atoms with Crippen LogP contribution >= 0.6 is 23.1 Å². The maximum absolute atomic E-state index is 12.2. The van der Waals surface area contributed by atoms with E-state index in [9.17, 15) is 9.59 Å². The maximum Gasteiger partial charge on any atom is 0.252 e. The third kappa shape index (κ3) is 3.73. The van der Waals surface area contributed by atoms with Crippen LogP contribution in [-0.4, -0.2) is 41.4 Å². The molecule has 4 rings (SSSR count). The van der Waals surface area contributed by atoms with E-state index in [1.165, 1.54) is 29.2 Å². The molecular formula is C16H13N7O2S2. The van der Waals surface area contributed by atoms with Crippen LogP contribution in [0.4, 0.5) is 5.13 Å². The molecule has 0 saturated heterocycles. The lowest BCUT2D eigenvalue weighted by Crippen LogP contribution is -2.14. The van der Waals surface area contributed by atoms with E-state index < -0.39 is 0 Å². The predicted octanol–water partition coefficient (Wildman–Crippen LogP) is 1.98. The first kappa shape index (κ1) is 17.4. The van der Waals surface area contributed by atoms with Gasteiger partial charge in [-0.2, -0.15) is 0 Å². The Balaban J connectivity index is 1.61. The summed E-state index contributed by atoms with van der Waals surface area (Å²) >= 11 is 2.52. The van der Waals surface area contributed by atoms with Gasteiger partial charge in [0, 0.05) is 6.07 Å². The zero-order valence-corrected chi connectivity index (χ0v) is 15.7. The number of aromatic nitrogens is 6. The first-order chi connectivity index (χ1) is 13.1. The molecule has 0 saturated carbocycles. The van der Waals surface area contributed by atoms with E-state index >= 15 is 0 Å². The van der Waals surface area contributed by atoms with Crippen molar-refractivity contribution in [3.8, 4) is 11.3 Å². The zero-order valence-electron chi connectivity index (χ0n) is 14.0. The normalized spacial score (nSPS) is 11.0. The smallest absolute Gasteiger partial charge is 0.252 e. The molecule has 0 radical (unpaired) electrons. The van der Waals surface area contributed by atoms with Gasteiger partial charge in [-0.15, -0.1) is 20.4 Å². The molecule has 3 aromatic heterocycles. The Morgan fingerprint density at radius 1 is 1.22 bits per heavy atom. The lowest BCUT2D eigenvalue weighted by atomic mass is 10.1. The highest BCUT2D eigenvalue weighted by atomic mass is 32.2. The number of carbonyl (C=O) groups excluding carboxylic acids is 1. The average molecular weight is 399 g/mol. The fourth-order valence-corrected chi connectivity index (χ4v) is 3.80.